The molecule has 1 amide bonds. The van der Waals surface area contributed by atoms with E-state index in [-0.39, 0.29) is 5.91 Å². The van der Waals surface area contributed by atoms with Crippen molar-refractivity contribution in [1.29, 1.82) is 0 Å². The van der Waals surface area contributed by atoms with Gasteiger partial charge in [0.1, 0.15) is 18.2 Å². The fourth-order valence-corrected chi connectivity index (χ4v) is 3.74. The molecule has 0 atom stereocenters. The van der Waals surface area contributed by atoms with Crippen LogP contribution in [-0.4, -0.2) is 39.4 Å². The quantitative estimate of drug-likeness (QED) is 0.555. The van der Waals surface area contributed by atoms with E-state index in [2.05, 4.69) is 15.0 Å². The predicted octanol–water partition coefficient (Wildman–Crippen LogP) is 3.92. The standard InChI is InChI=1S/C24H20N4O2/c1-28-14-19(23(24(28)29)17-10-12-25-13-11-17)16-6-8-18(9-7-16)30-15-22-26-20-4-2-3-5-21(20)27-22/h2-13H,14-15H2,1H3,(H,26,27). The highest BCUT2D eigenvalue weighted by atomic mass is 16.5. The van der Waals surface area contributed by atoms with Gasteiger partial charge in [-0.3, -0.25) is 9.78 Å². The van der Waals surface area contributed by atoms with Gasteiger partial charge in [-0.05, 0) is 53.1 Å². The number of carbonyl (C=O) groups excluding carboxylic acids is 1. The molecule has 5 rings (SSSR count). The number of benzene rings is 2. The maximum atomic E-state index is 12.7. The van der Waals surface area contributed by atoms with Gasteiger partial charge in [0.25, 0.3) is 5.91 Å². The number of aromatic amines is 1. The molecule has 1 aliphatic heterocycles. The Kier molecular flexibility index (Phi) is 4.52. The highest BCUT2D eigenvalue weighted by Gasteiger charge is 2.29. The molecule has 0 radical (unpaired) electrons. The zero-order valence-corrected chi connectivity index (χ0v) is 16.5. The summed E-state index contributed by atoms with van der Waals surface area (Å²) in [6, 6.07) is 19.5. The normalized spacial score (nSPS) is 14.0. The SMILES string of the molecule is CN1CC(c2ccc(OCc3nc4ccccc4[nH]3)cc2)=C(c2ccncc2)C1=O. The fourth-order valence-electron chi connectivity index (χ4n) is 3.74. The van der Waals surface area contributed by atoms with Crippen LogP contribution >= 0.6 is 0 Å². The van der Waals surface area contributed by atoms with Gasteiger partial charge in [-0.25, -0.2) is 4.98 Å². The van der Waals surface area contributed by atoms with Gasteiger partial charge >= 0.3 is 0 Å². The first-order valence-electron chi connectivity index (χ1n) is 9.75. The van der Waals surface area contributed by atoms with E-state index in [4.69, 9.17) is 4.74 Å². The number of ether oxygens (including phenoxy) is 1. The topological polar surface area (TPSA) is 71.1 Å². The molecule has 4 aromatic rings. The Morgan fingerprint density at radius 3 is 2.53 bits per heavy atom. The number of nitrogens with zero attached hydrogens (tertiary/aromatic N) is 3. The number of hydrogen-bond donors (Lipinski definition) is 1. The molecule has 30 heavy (non-hydrogen) atoms. The van der Waals surface area contributed by atoms with Crippen molar-refractivity contribution < 1.29 is 9.53 Å². The first-order chi connectivity index (χ1) is 14.7. The summed E-state index contributed by atoms with van der Waals surface area (Å²) in [4.78, 5) is 26.3. The number of nitrogens with one attached hydrogen (secondary N) is 1. The van der Waals surface area contributed by atoms with Crippen molar-refractivity contribution in [1.82, 2.24) is 19.9 Å². The van der Waals surface area contributed by atoms with E-state index in [0.717, 1.165) is 44.9 Å². The second-order valence-corrected chi connectivity index (χ2v) is 7.26. The molecule has 0 unspecified atom stereocenters. The summed E-state index contributed by atoms with van der Waals surface area (Å²) in [5.41, 5.74) is 5.57. The summed E-state index contributed by atoms with van der Waals surface area (Å²) in [5, 5.41) is 0. The average molecular weight is 396 g/mol. The Balaban J connectivity index is 1.37. The van der Waals surface area contributed by atoms with E-state index in [9.17, 15) is 4.79 Å². The summed E-state index contributed by atoms with van der Waals surface area (Å²) in [7, 11) is 1.82. The summed E-state index contributed by atoms with van der Waals surface area (Å²) >= 11 is 0. The lowest BCUT2D eigenvalue weighted by atomic mass is 9.97. The number of H-pyrrole nitrogens is 1. The fraction of sp³-hybridized carbons (Fsp3) is 0.125. The smallest absolute Gasteiger partial charge is 0.254 e. The lowest BCUT2D eigenvalue weighted by molar-refractivity contribution is -0.122. The summed E-state index contributed by atoms with van der Waals surface area (Å²) in [6.45, 7) is 0.940. The molecule has 1 aliphatic rings. The van der Waals surface area contributed by atoms with Crippen molar-refractivity contribution in [3.63, 3.8) is 0 Å². The zero-order chi connectivity index (χ0) is 20.5. The number of hydrogen-bond acceptors (Lipinski definition) is 4. The lowest BCUT2D eigenvalue weighted by Gasteiger charge is -2.09. The van der Waals surface area contributed by atoms with E-state index in [1.54, 1.807) is 17.3 Å². The average Bonchev–Trinajstić information content (AvgIpc) is 3.34. The number of imidazole rings is 1. The minimum Gasteiger partial charge on any atom is -0.486 e. The molecule has 0 fully saturated rings. The molecule has 6 heteroatoms. The molecule has 3 heterocycles. The van der Waals surface area contributed by atoms with E-state index < -0.39 is 0 Å². The van der Waals surface area contributed by atoms with Gasteiger partial charge in [0, 0.05) is 26.0 Å². The van der Waals surface area contributed by atoms with Crippen LogP contribution in [0.2, 0.25) is 0 Å². The first-order valence-corrected chi connectivity index (χ1v) is 9.75. The van der Waals surface area contributed by atoms with E-state index in [0.29, 0.717) is 13.2 Å². The first kappa shape index (κ1) is 18.1. The molecule has 0 saturated heterocycles. The van der Waals surface area contributed by atoms with Crippen LogP contribution in [0.4, 0.5) is 0 Å². The van der Waals surface area contributed by atoms with Gasteiger partial charge in [-0.2, -0.15) is 0 Å². The highest BCUT2D eigenvalue weighted by molar-refractivity contribution is 6.30. The highest BCUT2D eigenvalue weighted by Crippen LogP contribution is 2.34. The van der Waals surface area contributed by atoms with Crippen molar-refractivity contribution >= 4 is 28.1 Å². The lowest BCUT2D eigenvalue weighted by Crippen LogP contribution is -2.21. The summed E-state index contributed by atoms with van der Waals surface area (Å²) in [5.74, 6) is 1.57. The molecule has 0 saturated carbocycles. The molecule has 1 N–H and O–H groups in total. The van der Waals surface area contributed by atoms with Crippen molar-refractivity contribution in [2.24, 2.45) is 0 Å². The predicted molar refractivity (Wildman–Crippen MR) is 116 cm³/mol. The Morgan fingerprint density at radius 2 is 1.77 bits per heavy atom. The van der Waals surface area contributed by atoms with E-state index in [1.807, 2.05) is 67.7 Å². The Bertz CT molecular complexity index is 1210. The van der Waals surface area contributed by atoms with Crippen LogP contribution in [-0.2, 0) is 11.4 Å². The number of rotatable bonds is 5. The number of likely N-dealkylation sites (N-methyl/N-ethyl adjacent to an activating group) is 1. The molecule has 0 bridgehead atoms. The number of aromatic nitrogens is 3. The van der Waals surface area contributed by atoms with Crippen LogP contribution in [0.25, 0.3) is 22.2 Å². The van der Waals surface area contributed by atoms with E-state index >= 15 is 0 Å². The van der Waals surface area contributed by atoms with Gasteiger partial charge in [0.2, 0.25) is 0 Å². The van der Waals surface area contributed by atoms with Gasteiger partial charge < -0.3 is 14.6 Å². The van der Waals surface area contributed by atoms with Crippen LogP contribution in [0.15, 0.2) is 73.1 Å². The molecule has 0 aliphatic carbocycles. The van der Waals surface area contributed by atoms with Gasteiger partial charge in [0.05, 0.1) is 16.6 Å². The minimum atomic E-state index is 0.0291. The molecule has 6 nitrogen and oxygen atoms in total. The third-order valence-electron chi connectivity index (χ3n) is 5.24. The van der Waals surface area contributed by atoms with Crippen LogP contribution in [0.3, 0.4) is 0 Å². The molecule has 0 spiro atoms. The van der Waals surface area contributed by atoms with Gasteiger partial charge in [-0.1, -0.05) is 24.3 Å². The number of pyridine rings is 1. The van der Waals surface area contributed by atoms with Gasteiger partial charge in [0.15, 0.2) is 0 Å². The number of amides is 1. The van der Waals surface area contributed by atoms with Crippen LogP contribution in [0.5, 0.6) is 5.75 Å². The zero-order valence-electron chi connectivity index (χ0n) is 16.5. The number of fused-ring (bicyclic) bond motifs is 1. The van der Waals surface area contributed by atoms with Crippen LogP contribution in [0.1, 0.15) is 17.0 Å². The maximum absolute atomic E-state index is 12.7. The Hall–Kier alpha value is -3.93. The largest absolute Gasteiger partial charge is 0.486 e. The molecule has 2 aromatic carbocycles. The summed E-state index contributed by atoms with van der Waals surface area (Å²) < 4.78 is 5.90. The monoisotopic (exact) mass is 396 g/mol. The van der Waals surface area contributed by atoms with Crippen LogP contribution < -0.4 is 4.74 Å². The van der Waals surface area contributed by atoms with Crippen LogP contribution in [0, 0.1) is 0 Å². The Labute approximate surface area is 173 Å². The van der Waals surface area contributed by atoms with Crippen molar-refractivity contribution in [2.45, 2.75) is 6.61 Å². The van der Waals surface area contributed by atoms with E-state index in [1.165, 1.54) is 0 Å². The number of carbonyl (C=O) groups is 1. The third kappa shape index (κ3) is 3.33. The molecule has 148 valence electrons. The Morgan fingerprint density at radius 1 is 1.00 bits per heavy atom. The minimum absolute atomic E-state index is 0.0291. The summed E-state index contributed by atoms with van der Waals surface area (Å²) in [6.07, 6.45) is 3.42. The second-order valence-electron chi connectivity index (χ2n) is 7.26. The molecular formula is C24H20N4O2. The molecule has 2 aromatic heterocycles. The van der Waals surface area contributed by atoms with Crippen molar-refractivity contribution in [2.75, 3.05) is 13.6 Å². The van der Waals surface area contributed by atoms with Crippen molar-refractivity contribution in [3.05, 3.63) is 90.0 Å². The van der Waals surface area contributed by atoms with Crippen molar-refractivity contribution in [3.8, 4) is 5.75 Å². The number of para-hydroxylation sites is 2. The maximum Gasteiger partial charge on any atom is 0.254 e. The third-order valence-corrected chi connectivity index (χ3v) is 5.24. The second kappa shape index (κ2) is 7.48. The van der Waals surface area contributed by atoms with Gasteiger partial charge in [-0.15, -0.1) is 0 Å². The molecular weight excluding hydrogens is 376 g/mol.